The molecule has 1 saturated carbocycles. The predicted octanol–water partition coefficient (Wildman–Crippen LogP) is 0.0695. The Morgan fingerprint density at radius 2 is 2.17 bits per heavy atom. The first-order valence-corrected chi connectivity index (χ1v) is 8.41. The molecule has 0 aromatic carbocycles. The molecule has 6 heteroatoms. The molecule has 104 valence electrons. The molecule has 2 N–H and O–H groups in total. The molecule has 2 aliphatic rings. The van der Waals surface area contributed by atoms with Crippen LogP contribution in [0.2, 0.25) is 0 Å². The summed E-state index contributed by atoms with van der Waals surface area (Å²) in [5.74, 6) is 0.221. The van der Waals surface area contributed by atoms with Crippen LogP contribution >= 0.6 is 0 Å². The van der Waals surface area contributed by atoms with E-state index >= 15 is 0 Å². The number of hydrogen-bond acceptors (Lipinski definition) is 4. The van der Waals surface area contributed by atoms with Crippen molar-refractivity contribution in [3.8, 4) is 0 Å². The Morgan fingerprint density at radius 3 is 2.72 bits per heavy atom. The van der Waals surface area contributed by atoms with Crippen LogP contribution in [0.4, 0.5) is 0 Å². The lowest BCUT2D eigenvalue weighted by atomic mass is 9.70. The van der Waals surface area contributed by atoms with Crippen LogP contribution < -0.4 is 10.6 Å². The lowest BCUT2D eigenvalue weighted by Crippen LogP contribution is -2.48. The van der Waals surface area contributed by atoms with Crippen LogP contribution in [-0.2, 0) is 14.6 Å². The minimum atomic E-state index is -2.96. The van der Waals surface area contributed by atoms with Gasteiger partial charge in [-0.3, -0.25) is 4.79 Å². The molecule has 1 heterocycles. The maximum absolute atomic E-state index is 11.8. The smallest absolute Gasteiger partial charge is 0.221 e. The van der Waals surface area contributed by atoms with Crippen LogP contribution in [0.3, 0.4) is 0 Å². The van der Waals surface area contributed by atoms with E-state index in [4.69, 9.17) is 0 Å². The minimum absolute atomic E-state index is 0.0438. The third-order valence-electron chi connectivity index (χ3n) is 4.01. The van der Waals surface area contributed by atoms with Gasteiger partial charge >= 0.3 is 0 Å². The summed E-state index contributed by atoms with van der Waals surface area (Å²) in [6, 6.07) is -0.224. The van der Waals surface area contributed by atoms with Crippen molar-refractivity contribution >= 4 is 15.7 Å². The summed E-state index contributed by atoms with van der Waals surface area (Å²) in [6.45, 7) is 3.35. The fourth-order valence-electron chi connectivity index (χ4n) is 2.56. The Labute approximate surface area is 109 Å². The topological polar surface area (TPSA) is 75.3 Å². The third kappa shape index (κ3) is 3.68. The minimum Gasteiger partial charge on any atom is -0.356 e. The summed E-state index contributed by atoms with van der Waals surface area (Å²) in [6.07, 6.45) is 3.84. The fraction of sp³-hybridized carbons (Fsp3) is 0.917. The lowest BCUT2D eigenvalue weighted by molar-refractivity contribution is -0.122. The summed E-state index contributed by atoms with van der Waals surface area (Å²) in [7, 11) is -2.96. The van der Waals surface area contributed by atoms with Gasteiger partial charge in [0.15, 0.2) is 9.84 Å². The van der Waals surface area contributed by atoms with Gasteiger partial charge in [-0.25, -0.2) is 8.42 Å². The predicted molar refractivity (Wildman–Crippen MR) is 70.0 cm³/mol. The van der Waals surface area contributed by atoms with Gasteiger partial charge in [-0.15, -0.1) is 0 Å². The Kier molecular flexibility index (Phi) is 3.96. The maximum Gasteiger partial charge on any atom is 0.221 e. The second-order valence-electron chi connectivity index (χ2n) is 5.91. The Balaban J connectivity index is 1.73. The highest BCUT2D eigenvalue weighted by atomic mass is 32.2. The van der Waals surface area contributed by atoms with E-state index in [0.29, 0.717) is 13.1 Å². The molecule has 1 aliphatic carbocycles. The number of amides is 1. The number of rotatable bonds is 4. The molecule has 0 radical (unpaired) electrons. The van der Waals surface area contributed by atoms with Gasteiger partial charge in [0.05, 0.1) is 11.5 Å². The highest BCUT2D eigenvalue weighted by molar-refractivity contribution is 7.91. The molecule has 1 saturated heterocycles. The monoisotopic (exact) mass is 274 g/mol. The van der Waals surface area contributed by atoms with Crippen LogP contribution in [0.15, 0.2) is 0 Å². The van der Waals surface area contributed by atoms with Crippen LogP contribution in [0.25, 0.3) is 0 Å². The second-order valence-corrected chi connectivity index (χ2v) is 8.14. The summed E-state index contributed by atoms with van der Waals surface area (Å²) >= 11 is 0. The quantitative estimate of drug-likeness (QED) is 0.761. The number of nitrogens with one attached hydrogen (secondary N) is 2. The van der Waals surface area contributed by atoms with Crippen LogP contribution in [0.5, 0.6) is 0 Å². The van der Waals surface area contributed by atoms with Crippen molar-refractivity contribution in [2.75, 3.05) is 24.6 Å². The van der Waals surface area contributed by atoms with E-state index in [9.17, 15) is 13.2 Å². The normalized spacial score (nSPS) is 29.3. The van der Waals surface area contributed by atoms with Crippen LogP contribution in [-0.4, -0.2) is 45.0 Å². The molecule has 1 amide bonds. The van der Waals surface area contributed by atoms with E-state index < -0.39 is 9.84 Å². The molecular formula is C12H22N2O3S. The lowest BCUT2D eigenvalue weighted by Gasteiger charge is -2.38. The van der Waals surface area contributed by atoms with Crippen molar-refractivity contribution in [1.29, 1.82) is 0 Å². The summed E-state index contributed by atoms with van der Waals surface area (Å²) in [5.41, 5.74) is 0.266. The van der Waals surface area contributed by atoms with E-state index in [1.54, 1.807) is 0 Å². The molecule has 1 atom stereocenters. The van der Waals surface area contributed by atoms with Gasteiger partial charge in [-0.1, -0.05) is 13.3 Å². The van der Waals surface area contributed by atoms with Crippen molar-refractivity contribution in [1.82, 2.24) is 10.6 Å². The first-order valence-electron chi connectivity index (χ1n) is 6.59. The number of carbonyl (C=O) groups excluding carboxylic acids is 1. The van der Waals surface area contributed by atoms with Gasteiger partial charge in [0, 0.05) is 25.6 Å². The average Bonchev–Trinajstić information content (AvgIpc) is 2.22. The molecule has 5 nitrogen and oxygen atoms in total. The maximum atomic E-state index is 11.8. The van der Waals surface area contributed by atoms with Gasteiger partial charge in [0.2, 0.25) is 5.91 Å². The van der Waals surface area contributed by atoms with Crippen LogP contribution in [0.1, 0.15) is 32.6 Å². The zero-order valence-electron chi connectivity index (χ0n) is 10.9. The van der Waals surface area contributed by atoms with E-state index in [2.05, 4.69) is 17.6 Å². The Morgan fingerprint density at radius 1 is 1.44 bits per heavy atom. The van der Waals surface area contributed by atoms with Gasteiger partial charge in [-0.05, 0) is 18.3 Å². The van der Waals surface area contributed by atoms with Crippen molar-refractivity contribution in [3.63, 3.8) is 0 Å². The fourth-order valence-corrected chi connectivity index (χ4v) is 4.01. The van der Waals surface area contributed by atoms with E-state index in [1.807, 2.05) is 0 Å². The van der Waals surface area contributed by atoms with Gasteiger partial charge in [0.1, 0.15) is 0 Å². The molecular weight excluding hydrogens is 252 g/mol. The molecule has 18 heavy (non-hydrogen) atoms. The van der Waals surface area contributed by atoms with Gasteiger partial charge < -0.3 is 10.6 Å². The van der Waals surface area contributed by atoms with E-state index in [-0.39, 0.29) is 35.3 Å². The van der Waals surface area contributed by atoms with Crippen molar-refractivity contribution in [2.45, 2.75) is 38.6 Å². The highest BCUT2D eigenvalue weighted by Gasteiger charge is 2.32. The molecule has 0 aromatic heterocycles. The Hall–Kier alpha value is -0.620. The van der Waals surface area contributed by atoms with Crippen molar-refractivity contribution in [3.05, 3.63) is 0 Å². The van der Waals surface area contributed by atoms with E-state index in [0.717, 1.165) is 0 Å². The van der Waals surface area contributed by atoms with Gasteiger partial charge in [-0.2, -0.15) is 0 Å². The molecule has 2 fully saturated rings. The standard InChI is InChI=1S/C12H22N2O3S/c1-12(3-2-4-12)9-14-11(15)7-10-8-18(16,17)6-5-13-10/h10,13H,2-9H2,1H3,(H,14,15). The Bertz CT molecular complexity index is 415. The summed E-state index contributed by atoms with van der Waals surface area (Å²) in [5, 5.41) is 6.02. The zero-order chi connectivity index (χ0) is 13.2. The molecule has 0 spiro atoms. The average molecular weight is 274 g/mol. The van der Waals surface area contributed by atoms with Crippen molar-refractivity contribution in [2.24, 2.45) is 5.41 Å². The number of sulfone groups is 1. The first-order chi connectivity index (χ1) is 8.39. The number of hydrogen-bond donors (Lipinski definition) is 2. The molecule has 0 bridgehead atoms. The number of carbonyl (C=O) groups is 1. The summed E-state index contributed by atoms with van der Waals surface area (Å²) in [4.78, 5) is 11.8. The van der Waals surface area contributed by atoms with E-state index in [1.165, 1.54) is 19.3 Å². The molecule has 1 unspecified atom stereocenters. The van der Waals surface area contributed by atoms with Crippen LogP contribution in [0, 0.1) is 5.41 Å². The largest absolute Gasteiger partial charge is 0.356 e. The SMILES string of the molecule is CC1(CNC(=O)CC2CS(=O)(=O)CCN2)CCC1. The molecule has 0 aromatic rings. The summed E-state index contributed by atoms with van der Waals surface area (Å²) < 4.78 is 22.9. The first kappa shape index (κ1) is 13.8. The molecule has 2 rings (SSSR count). The highest BCUT2D eigenvalue weighted by Crippen LogP contribution is 2.39. The van der Waals surface area contributed by atoms with Gasteiger partial charge in [0.25, 0.3) is 0 Å². The second kappa shape index (κ2) is 5.17. The van der Waals surface area contributed by atoms with Crippen molar-refractivity contribution < 1.29 is 13.2 Å². The third-order valence-corrected chi connectivity index (χ3v) is 5.74. The zero-order valence-corrected chi connectivity index (χ0v) is 11.7. The molecule has 1 aliphatic heterocycles.